The van der Waals surface area contributed by atoms with Crippen LogP contribution in [0, 0.1) is 18.6 Å². The predicted molar refractivity (Wildman–Crippen MR) is 126 cm³/mol. The smallest absolute Gasteiger partial charge is 0.229 e. The minimum Gasteiger partial charge on any atom is -0.376 e. The zero-order chi connectivity index (χ0) is 23.7. The van der Waals surface area contributed by atoms with Gasteiger partial charge in [0.2, 0.25) is 5.95 Å². The highest BCUT2D eigenvalue weighted by atomic mass is 19.1. The van der Waals surface area contributed by atoms with Gasteiger partial charge in [-0.05, 0) is 49.7 Å². The molecule has 34 heavy (non-hydrogen) atoms. The van der Waals surface area contributed by atoms with Gasteiger partial charge in [0.25, 0.3) is 0 Å². The first-order chi connectivity index (χ1) is 16.5. The molecule has 0 saturated heterocycles. The topological polar surface area (TPSA) is 76.9 Å². The Hall–Kier alpha value is -3.85. The van der Waals surface area contributed by atoms with E-state index in [-0.39, 0.29) is 11.7 Å². The molecule has 1 aliphatic rings. The van der Waals surface area contributed by atoms with Gasteiger partial charge < -0.3 is 19.9 Å². The van der Waals surface area contributed by atoms with Crippen molar-refractivity contribution in [1.29, 1.82) is 0 Å². The van der Waals surface area contributed by atoms with Crippen molar-refractivity contribution in [3.05, 3.63) is 89.1 Å². The van der Waals surface area contributed by atoms with E-state index in [1.165, 1.54) is 18.2 Å². The molecule has 7 nitrogen and oxygen atoms in total. The zero-order valence-corrected chi connectivity index (χ0v) is 18.8. The molecule has 0 aliphatic carbocycles. The third kappa shape index (κ3) is 4.22. The summed E-state index contributed by atoms with van der Waals surface area (Å²) in [5, 5.41) is 6.41. The lowest BCUT2D eigenvalue weighted by molar-refractivity contribution is 0.0978. The van der Waals surface area contributed by atoms with E-state index in [9.17, 15) is 8.78 Å². The van der Waals surface area contributed by atoms with E-state index < -0.39 is 5.82 Å². The van der Waals surface area contributed by atoms with Gasteiger partial charge in [-0.3, -0.25) is 0 Å². The van der Waals surface area contributed by atoms with Crippen LogP contribution in [0.25, 0.3) is 5.69 Å². The molecule has 0 amide bonds. The second kappa shape index (κ2) is 9.18. The predicted octanol–water partition coefficient (Wildman–Crippen LogP) is 5.09. The Bertz CT molecular complexity index is 1320. The van der Waals surface area contributed by atoms with Gasteiger partial charge in [-0.1, -0.05) is 12.1 Å². The first kappa shape index (κ1) is 22.0. The number of aryl methyl sites for hydroxylation is 1. The molecule has 0 saturated carbocycles. The normalized spacial score (nSPS) is 15.1. The number of hydrogen-bond acceptors (Lipinski definition) is 6. The minimum absolute atomic E-state index is 0.173. The van der Waals surface area contributed by atoms with Gasteiger partial charge in [0, 0.05) is 30.2 Å². The summed E-state index contributed by atoms with van der Waals surface area (Å²) < 4.78 is 35.9. The van der Waals surface area contributed by atoms with Crippen molar-refractivity contribution in [3.8, 4) is 5.69 Å². The maximum absolute atomic E-state index is 14.9. The monoisotopic (exact) mass is 462 g/mol. The number of anilines is 3. The molecule has 1 aliphatic heterocycles. The average molecular weight is 463 g/mol. The molecule has 0 bridgehead atoms. The highest BCUT2D eigenvalue weighted by Gasteiger charge is 2.28. The molecular weight excluding hydrogens is 438 g/mol. The first-order valence-electron chi connectivity index (χ1n) is 11.1. The van der Waals surface area contributed by atoms with Crippen LogP contribution in [0.4, 0.5) is 26.2 Å². The Morgan fingerprint density at radius 3 is 2.65 bits per heavy atom. The number of ether oxygens (including phenoxy) is 1. The Balaban J connectivity index is 1.50. The van der Waals surface area contributed by atoms with Crippen LogP contribution in [0.3, 0.4) is 0 Å². The van der Waals surface area contributed by atoms with Crippen molar-refractivity contribution < 1.29 is 13.5 Å². The van der Waals surface area contributed by atoms with Gasteiger partial charge in [0.15, 0.2) is 0 Å². The lowest BCUT2D eigenvalue weighted by atomic mass is 9.91. The second-order valence-electron chi connectivity index (χ2n) is 8.04. The second-order valence-corrected chi connectivity index (χ2v) is 8.04. The molecular formula is C25H24F2N6O. The van der Waals surface area contributed by atoms with E-state index in [0.717, 1.165) is 16.8 Å². The summed E-state index contributed by atoms with van der Waals surface area (Å²) in [4.78, 5) is 13.5. The fourth-order valence-corrected chi connectivity index (χ4v) is 4.15. The summed E-state index contributed by atoms with van der Waals surface area (Å²) in [7, 11) is 0. The van der Waals surface area contributed by atoms with Gasteiger partial charge in [-0.25, -0.2) is 18.7 Å². The number of nitrogens with one attached hydrogen (secondary N) is 2. The molecule has 2 aromatic carbocycles. The summed E-state index contributed by atoms with van der Waals surface area (Å²) in [5.74, 6) is 0.835. The maximum atomic E-state index is 14.9. The molecule has 1 atom stereocenters. The quantitative estimate of drug-likeness (QED) is 0.416. The lowest BCUT2D eigenvalue weighted by Crippen LogP contribution is -2.23. The fraction of sp³-hybridized carbons (Fsp3) is 0.240. The minimum atomic E-state index is -0.395. The highest BCUT2D eigenvalue weighted by molar-refractivity contribution is 5.60. The van der Waals surface area contributed by atoms with Crippen LogP contribution >= 0.6 is 0 Å². The SMILES string of the molecule is CCNc1nc(Nc2ccc(-n3ccnc3C)c(F)c2)nc2c1COCC2c1ccc(F)cc1. The number of fused-ring (bicyclic) bond motifs is 1. The molecule has 0 radical (unpaired) electrons. The van der Waals surface area contributed by atoms with Crippen LogP contribution < -0.4 is 10.6 Å². The van der Waals surface area contributed by atoms with E-state index >= 15 is 0 Å². The van der Waals surface area contributed by atoms with Gasteiger partial charge in [0.05, 0.1) is 30.5 Å². The lowest BCUT2D eigenvalue weighted by Gasteiger charge is -2.27. The van der Waals surface area contributed by atoms with Gasteiger partial charge >= 0.3 is 0 Å². The van der Waals surface area contributed by atoms with Crippen LogP contribution in [0.1, 0.15) is 35.5 Å². The van der Waals surface area contributed by atoms with Crippen molar-refractivity contribution in [2.75, 3.05) is 23.8 Å². The van der Waals surface area contributed by atoms with Crippen molar-refractivity contribution in [2.45, 2.75) is 26.4 Å². The third-order valence-corrected chi connectivity index (χ3v) is 5.81. The molecule has 0 fully saturated rings. The Labute approximate surface area is 195 Å². The number of imidazole rings is 1. The molecule has 3 heterocycles. The Morgan fingerprint density at radius 2 is 1.94 bits per heavy atom. The van der Waals surface area contributed by atoms with Crippen molar-refractivity contribution in [3.63, 3.8) is 0 Å². The van der Waals surface area contributed by atoms with E-state index in [1.807, 2.05) is 13.8 Å². The van der Waals surface area contributed by atoms with E-state index in [0.29, 0.717) is 48.7 Å². The highest BCUT2D eigenvalue weighted by Crippen LogP contribution is 2.35. The molecule has 2 aromatic heterocycles. The number of halogens is 2. The fourth-order valence-electron chi connectivity index (χ4n) is 4.15. The summed E-state index contributed by atoms with van der Waals surface area (Å²) in [6.07, 6.45) is 3.35. The molecule has 174 valence electrons. The molecule has 1 unspecified atom stereocenters. The number of rotatable bonds is 6. The largest absolute Gasteiger partial charge is 0.376 e. The summed E-state index contributed by atoms with van der Waals surface area (Å²) in [5.41, 5.74) is 3.50. The van der Waals surface area contributed by atoms with E-state index in [2.05, 4.69) is 20.6 Å². The van der Waals surface area contributed by atoms with E-state index in [4.69, 9.17) is 9.72 Å². The molecule has 0 spiro atoms. The summed E-state index contributed by atoms with van der Waals surface area (Å²) in [6.45, 7) is 5.26. The van der Waals surface area contributed by atoms with E-state index in [1.54, 1.807) is 41.2 Å². The zero-order valence-electron chi connectivity index (χ0n) is 18.8. The van der Waals surface area contributed by atoms with Crippen LogP contribution in [-0.2, 0) is 11.3 Å². The number of hydrogen-bond donors (Lipinski definition) is 2. The van der Waals surface area contributed by atoms with Gasteiger partial charge in [0.1, 0.15) is 23.3 Å². The average Bonchev–Trinajstić information content (AvgIpc) is 3.25. The molecule has 4 aromatic rings. The van der Waals surface area contributed by atoms with Crippen LogP contribution in [0.2, 0.25) is 0 Å². The third-order valence-electron chi connectivity index (χ3n) is 5.81. The van der Waals surface area contributed by atoms with Crippen LogP contribution in [0.5, 0.6) is 0 Å². The van der Waals surface area contributed by atoms with Crippen LogP contribution in [-0.4, -0.2) is 32.7 Å². The molecule has 2 N–H and O–H groups in total. The Morgan fingerprint density at radius 1 is 1.12 bits per heavy atom. The van der Waals surface area contributed by atoms with Gasteiger partial charge in [-0.2, -0.15) is 4.98 Å². The van der Waals surface area contributed by atoms with Crippen molar-refractivity contribution in [2.24, 2.45) is 0 Å². The number of benzene rings is 2. The maximum Gasteiger partial charge on any atom is 0.229 e. The van der Waals surface area contributed by atoms with Crippen molar-refractivity contribution >= 4 is 17.5 Å². The summed E-state index contributed by atoms with van der Waals surface area (Å²) >= 11 is 0. The molecule has 9 heteroatoms. The van der Waals surface area contributed by atoms with Crippen LogP contribution in [0.15, 0.2) is 54.9 Å². The summed E-state index contributed by atoms with van der Waals surface area (Å²) in [6, 6.07) is 11.2. The van der Waals surface area contributed by atoms with Crippen molar-refractivity contribution in [1.82, 2.24) is 19.5 Å². The Kier molecular flexibility index (Phi) is 5.93. The number of aromatic nitrogens is 4. The first-order valence-corrected chi connectivity index (χ1v) is 11.1. The molecule has 5 rings (SSSR count). The number of nitrogens with zero attached hydrogens (tertiary/aromatic N) is 4. The van der Waals surface area contributed by atoms with Gasteiger partial charge in [-0.15, -0.1) is 0 Å². The standard InChI is InChI=1S/C25H24F2N6O/c1-3-28-24-20-14-34-13-19(16-4-6-17(26)7-5-16)23(20)31-25(32-24)30-18-8-9-22(21(27)12-18)33-11-10-29-15(33)2/h4-12,19H,3,13-14H2,1-2H3,(H2,28,30,31,32).